The Kier molecular flexibility index (Phi) is 6.84. The van der Waals surface area contributed by atoms with Crippen molar-refractivity contribution in [3.8, 4) is 28.3 Å². The first kappa shape index (κ1) is 22.8. The number of aliphatic hydroxyl groups excluding tert-OH is 1. The number of fused-ring (bicyclic) bond motifs is 1. The molecule has 0 radical (unpaired) electrons. The number of H-pyrrole nitrogens is 1. The molecule has 35 heavy (non-hydrogen) atoms. The van der Waals surface area contributed by atoms with Gasteiger partial charge in [-0.3, -0.25) is 4.98 Å². The van der Waals surface area contributed by atoms with Gasteiger partial charge in [0.2, 0.25) is 0 Å². The van der Waals surface area contributed by atoms with Crippen molar-refractivity contribution in [1.82, 2.24) is 20.3 Å². The number of imidazole rings is 1. The molecule has 6 nitrogen and oxygen atoms in total. The minimum atomic E-state index is 0.0905. The van der Waals surface area contributed by atoms with Crippen LogP contribution in [0, 0.1) is 6.92 Å². The number of hydrogen-bond donors (Lipinski definition) is 3. The second-order valence-electron chi connectivity index (χ2n) is 8.46. The quantitative estimate of drug-likeness (QED) is 0.259. The van der Waals surface area contributed by atoms with Crippen molar-refractivity contribution in [2.45, 2.75) is 20.1 Å². The number of aromatic nitrogens is 3. The van der Waals surface area contributed by atoms with Gasteiger partial charge < -0.3 is 20.1 Å². The van der Waals surface area contributed by atoms with Crippen LogP contribution in [-0.2, 0) is 13.2 Å². The zero-order valence-corrected chi connectivity index (χ0v) is 19.7. The predicted molar refractivity (Wildman–Crippen MR) is 139 cm³/mol. The zero-order chi connectivity index (χ0) is 24.0. The summed E-state index contributed by atoms with van der Waals surface area (Å²) >= 11 is 0. The summed E-state index contributed by atoms with van der Waals surface area (Å²) in [5.74, 6) is 1.58. The molecule has 176 valence electrons. The molecule has 2 heterocycles. The fourth-order valence-electron chi connectivity index (χ4n) is 4.21. The van der Waals surface area contributed by atoms with Crippen LogP contribution in [0.25, 0.3) is 33.5 Å². The summed E-state index contributed by atoms with van der Waals surface area (Å²) in [6.45, 7) is 3.75. The summed E-state index contributed by atoms with van der Waals surface area (Å²) in [6.07, 6.45) is 3.56. The van der Waals surface area contributed by atoms with E-state index in [9.17, 15) is 0 Å². The smallest absolute Gasteiger partial charge is 0.138 e. The lowest BCUT2D eigenvalue weighted by atomic mass is 9.99. The third-order valence-electron chi connectivity index (χ3n) is 6.05. The lowest BCUT2D eigenvalue weighted by Crippen LogP contribution is -2.18. The number of ether oxygens (including phenoxy) is 1. The molecule has 0 amide bonds. The number of pyridine rings is 1. The molecule has 0 atom stereocenters. The molecule has 0 saturated carbocycles. The molecule has 0 aliphatic carbocycles. The first-order chi connectivity index (χ1) is 17.2. The lowest BCUT2D eigenvalue weighted by molar-refractivity contribution is 0.288. The number of rotatable bonds is 9. The SMILES string of the molecule is Cc1c(-c2ccccc2)ccc2[nH]c(-c3ccc(CNCCO)c(OCc4cccnc4)c3)nc12. The van der Waals surface area contributed by atoms with Crippen molar-refractivity contribution in [3.05, 3.63) is 102 Å². The van der Waals surface area contributed by atoms with Crippen LogP contribution in [0.3, 0.4) is 0 Å². The average molecular weight is 465 g/mol. The summed E-state index contributed by atoms with van der Waals surface area (Å²) < 4.78 is 6.21. The van der Waals surface area contributed by atoms with Gasteiger partial charge in [-0.15, -0.1) is 0 Å². The van der Waals surface area contributed by atoms with Gasteiger partial charge in [0.1, 0.15) is 18.2 Å². The third-order valence-corrected chi connectivity index (χ3v) is 6.05. The molecule has 3 N–H and O–H groups in total. The fraction of sp³-hybridized carbons (Fsp3) is 0.172. The van der Waals surface area contributed by atoms with Crippen LogP contribution in [0.5, 0.6) is 5.75 Å². The molecule has 0 fully saturated rings. The molecule has 0 aliphatic rings. The zero-order valence-electron chi connectivity index (χ0n) is 19.7. The second-order valence-corrected chi connectivity index (χ2v) is 8.46. The summed E-state index contributed by atoms with van der Waals surface area (Å²) in [4.78, 5) is 12.6. The Labute approximate surface area is 204 Å². The van der Waals surface area contributed by atoms with Gasteiger partial charge in [0.15, 0.2) is 0 Å². The Morgan fingerprint density at radius 3 is 2.66 bits per heavy atom. The van der Waals surface area contributed by atoms with E-state index in [0.717, 1.165) is 44.9 Å². The van der Waals surface area contributed by atoms with Crippen molar-refractivity contribution in [3.63, 3.8) is 0 Å². The Morgan fingerprint density at radius 2 is 1.86 bits per heavy atom. The van der Waals surface area contributed by atoms with E-state index >= 15 is 0 Å². The number of aryl methyl sites for hydroxylation is 1. The number of nitrogens with one attached hydrogen (secondary N) is 2. The summed E-state index contributed by atoms with van der Waals surface area (Å²) in [5.41, 5.74) is 8.45. The van der Waals surface area contributed by atoms with E-state index in [0.29, 0.717) is 19.7 Å². The molecule has 2 aromatic heterocycles. The Hall–Kier alpha value is -4.00. The maximum Gasteiger partial charge on any atom is 0.138 e. The van der Waals surface area contributed by atoms with Crippen LogP contribution in [0.4, 0.5) is 0 Å². The summed E-state index contributed by atoms with van der Waals surface area (Å²) in [7, 11) is 0. The fourth-order valence-corrected chi connectivity index (χ4v) is 4.21. The molecule has 3 aromatic carbocycles. The Morgan fingerprint density at radius 1 is 0.971 bits per heavy atom. The van der Waals surface area contributed by atoms with E-state index in [1.165, 1.54) is 11.1 Å². The highest BCUT2D eigenvalue weighted by Gasteiger charge is 2.14. The highest BCUT2D eigenvalue weighted by molar-refractivity contribution is 5.88. The third kappa shape index (κ3) is 5.09. The maximum atomic E-state index is 9.13. The highest BCUT2D eigenvalue weighted by atomic mass is 16.5. The first-order valence-electron chi connectivity index (χ1n) is 11.7. The molecule has 0 aliphatic heterocycles. The van der Waals surface area contributed by atoms with E-state index in [2.05, 4.69) is 64.7 Å². The van der Waals surface area contributed by atoms with Crippen molar-refractivity contribution < 1.29 is 9.84 Å². The maximum absolute atomic E-state index is 9.13. The molecular formula is C29H28N4O2. The minimum Gasteiger partial charge on any atom is -0.488 e. The topological polar surface area (TPSA) is 83.1 Å². The number of aliphatic hydroxyl groups is 1. The number of nitrogens with zero attached hydrogens (tertiary/aromatic N) is 2. The van der Waals surface area contributed by atoms with Gasteiger partial charge in [-0.25, -0.2) is 4.98 Å². The lowest BCUT2D eigenvalue weighted by Gasteiger charge is -2.13. The predicted octanol–water partition coefficient (Wildman–Crippen LogP) is 5.26. The average Bonchev–Trinajstić information content (AvgIpc) is 3.35. The molecular weight excluding hydrogens is 436 g/mol. The highest BCUT2D eigenvalue weighted by Crippen LogP contribution is 2.32. The van der Waals surface area contributed by atoms with Gasteiger partial charge in [0.05, 0.1) is 17.6 Å². The van der Waals surface area contributed by atoms with E-state index in [4.69, 9.17) is 14.8 Å². The van der Waals surface area contributed by atoms with Crippen molar-refractivity contribution in [2.75, 3.05) is 13.2 Å². The van der Waals surface area contributed by atoms with Crippen LogP contribution in [-0.4, -0.2) is 33.2 Å². The van der Waals surface area contributed by atoms with Gasteiger partial charge >= 0.3 is 0 Å². The molecule has 5 aromatic rings. The number of hydrogen-bond acceptors (Lipinski definition) is 5. The van der Waals surface area contributed by atoms with Crippen LogP contribution < -0.4 is 10.1 Å². The number of benzene rings is 3. The van der Waals surface area contributed by atoms with Crippen LogP contribution >= 0.6 is 0 Å². The normalized spacial score (nSPS) is 11.1. The molecule has 0 unspecified atom stereocenters. The van der Waals surface area contributed by atoms with Crippen molar-refractivity contribution in [2.24, 2.45) is 0 Å². The Balaban J connectivity index is 1.48. The summed E-state index contributed by atoms with van der Waals surface area (Å²) in [5, 5.41) is 12.4. The van der Waals surface area contributed by atoms with Crippen LogP contribution in [0.2, 0.25) is 0 Å². The molecule has 0 spiro atoms. The van der Waals surface area contributed by atoms with E-state index in [1.54, 1.807) is 12.4 Å². The Bertz CT molecular complexity index is 1420. The first-order valence-corrected chi connectivity index (χ1v) is 11.7. The molecule has 5 rings (SSSR count). The van der Waals surface area contributed by atoms with Gasteiger partial charge in [0.25, 0.3) is 0 Å². The van der Waals surface area contributed by atoms with Crippen LogP contribution in [0.1, 0.15) is 16.7 Å². The largest absolute Gasteiger partial charge is 0.488 e. The van der Waals surface area contributed by atoms with Crippen molar-refractivity contribution >= 4 is 11.0 Å². The van der Waals surface area contributed by atoms with E-state index < -0.39 is 0 Å². The number of aromatic amines is 1. The monoisotopic (exact) mass is 464 g/mol. The second kappa shape index (κ2) is 10.5. The van der Waals surface area contributed by atoms with Crippen molar-refractivity contribution in [1.29, 1.82) is 0 Å². The molecule has 6 heteroatoms. The van der Waals surface area contributed by atoms with E-state index in [1.807, 2.05) is 30.3 Å². The van der Waals surface area contributed by atoms with Gasteiger partial charge in [0, 0.05) is 42.2 Å². The van der Waals surface area contributed by atoms with Gasteiger partial charge in [-0.1, -0.05) is 54.6 Å². The van der Waals surface area contributed by atoms with Gasteiger partial charge in [-0.2, -0.15) is 0 Å². The minimum absolute atomic E-state index is 0.0905. The van der Waals surface area contributed by atoms with E-state index in [-0.39, 0.29) is 6.61 Å². The molecule has 0 bridgehead atoms. The standard InChI is InChI=1S/C29H28N4O2/c1-20-25(22-7-3-2-4-8-22)11-12-26-28(20)33-29(32-26)23-9-10-24(18-31-14-15-34)27(16-23)35-19-21-6-5-13-30-17-21/h2-13,16-17,31,34H,14-15,18-19H2,1H3,(H,32,33). The van der Waals surface area contributed by atoms with Crippen LogP contribution in [0.15, 0.2) is 85.2 Å². The van der Waals surface area contributed by atoms with Gasteiger partial charge in [-0.05, 0) is 41.8 Å². The molecule has 0 saturated heterocycles. The summed E-state index contributed by atoms with van der Waals surface area (Å²) in [6, 6.07) is 24.6.